The predicted octanol–water partition coefficient (Wildman–Crippen LogP) is 1.99. The molecule has 0 aromatic carbocycles. The van der Waals surface area contributed by atoms with Gasteiger partial charge >= 0.3 is 5.97 Å². The molecule has 3 unspecified atom stereocenters. The van der Waals surface area contributed by atoms with Crippen molar-refractivity contribution in [3.8, 4) is 0 Å². The van der Waals surface area contributed by atoms with Gasteiger partial charge < -0.3 is 15.8 Å². The zero-order valence-corrected chi connectivity index (χ0v) is 13.0. The van der Waals surface area contributed by atoms with Gasteiger partial charge in [0, 0.05) is 10.9 Å². The average molecular weight is 310 g/mol. The van der Waals surface area contributed by atoms with Crippen LogP contribution < -0.4 is 11.1 Å². The molecule has 1 aromatic rings. The zero-order chi connectivity index (χ0) is 15.2. The van der Waals surface area contributed by atoms with E-state index in [0.717, 1.165) is 30.6 Å². The number of ether oxygens (including phenoxy) is 1. The lowest BCUT2D eigenvalue weighted by atomic mass is 9.84. The summed E-state index contributed by atoms with van der Waals surface area (Å²) in [4.78, 5) is 24.9. The number of hydrogen-bond acceptors (Lipinski definition) is 5. The van der Waals surface area contributed by atoms with Gasteiger partial charge in [0.15, 0.2) is 0 Å². The lowest BCUT2D eigenvalue weighted by Crippen LogP contribution is -2.44. The molecule has 0 spiro atoms. The SMILES string of the molecule is COC(=O)CC(NC(=O)C1CCCCC1N)c1cccs1. The fourth-order valence-corrected chi connectivity index (χ4v) is 3.50. The van der Waals surface area contributed by atoms with Crippen LogP contribution in [-0.4, -0.2) is 25.0 Å². The summed E-state index contributed by atoms with van der Waals surface area (Å²) in [7, 11) is 1.35. The van der Waals surface area contributed by atoms with E-state index in [4.69, 9.17) is 10.5 Å². The van der Waals surface area contributed by atoms with E-state index in [-0.39, 0.29) is 36.3 Å². The van der Waals surface area contributed by atoms with E-state index in [0.29, 0.717) is 0 Å². The second-order valence-corrected chi connectivity index (χ2v) is 6.39. The molecule has 2 rings (SSSR count). The minimum Gasteiger partial charge on any atom is -0.469 e. The van der Waals surface area contributed by atoms with Crippen LogP contribution in [0.5, 0.6) is 0 Å². The van der Waals surface area contributed by atoms with E-state index < -0.39 is 0 Å². The van der Waals surface area contributed by atoms with Crippen LogP contribution in [0.3, 0.4) is 0 Å². The third-order valence-corrected chi connectivity index (χ3v) is 4.94. The third-order valence-electron chi connectivity index (χ3n) is 3.96. The highest BCUT2D eigenvalue weighted by Gasteiger charge is 2.30. The molecular weight excluding hydrogens is 288 g/mol. The number of nitrogens with two attached hydrogens (primary N) is 1. The second-order valence-electron chi connectivity index (χ2n) is 5.41. The summed E-state index contributed by atoms with van der Waals surface area (Å²) in [6, 6.07) is 3.40. The molecule has 1 aliphatic rings. The van der Waals surface area contributed by atoms with Gasteiger partial charge in [-0.05, 0) is 24.3 Å². The Bertz CT molecular complexity index is 475. The van der Waals surface area contributed by atoms with E-state index in [1.807, 2.05) is 17.5 Å². The molecule has 5 nitrogen and oxygen atoms in total. The van der Waals surface area contributed by atoms with E-state index in [1.54, 1.807) is 0 Å². The van der Waals surface area contributed by atoms with Crippen molar-refractivity contribution in [2.24, 2.45) is 11.7 Å². The van der Waals surface area contributed by atoms with Crippen LogP contribution in [0.25, 0.3) is 0 Å². The largest absolute Gasteiger partial charge is 0.469 e. The maximum Gasteiger partial charge on any atom is 0.307 e. The van der Waals surface area contributed by atoms with Gasteiger partial charge in [-0.2, -0.15) is 0 Å². The molecule has 6 heteroatoms. The summed E-state index contributed by atoms with van der Waals surface area (Å²) in [5.74, 6) is -0.537. The molecule has 1 aliphatic carbocycles. The first-order valence-electron chi connectivity index (χ1n) is 7.28. The number of nitrogens with one attached hydrogen (secondary N) is 1. The number of rotatable bonds is 5. The molecular formula is C15H22N2O3S. The monoisotopic (exact) mass is 310 g/mol. The van der Waals surface area contributed by atoms with Gasteiger partial charge in [-0.15, -0.1) is 11.3 Å². The number of amides is 1. The number of thiophene rings is 1. The molecule has 0 bridgehead atoms. The Morgan fingerprint density at radius 3 is 2.86 bits per heavy atom. The summed E-state index contributed by atoms with van der Waals surface area (Å²) in [5.41, 5.74) is 6.05. The van der Waals surface area contributed by atoms with E-state index >= 15 is 0 Å². The van der Waals surface area contributed by atoms with Crippen LogP contribution >= 0.6 is 11.3 Å². The Morgan fingerprint density at radius 2 is 2.24 bits per heavy atom. The summed E-state index contributed by atoms with van der Waals surface area (Å²) in [5, 5.41) is 4.90. The van der Waals surface area contributed by atoms with Crippen LogP contribution in [-0.2, 0) is 14.3 Å². The van der Waals surface area contributed by atoms with E-state index in [1.165, 1.54) is 18.4 Å². The minimum absolute atomic E-state index is 0.0514. The first-order valence-corrected chi connectivity index (χ1v) is 8.16. The molecule has 3 N–H and O–H groups in total. The Balaban J connectivity index is 2.03. The highest BCUT2D eigenvalue weighted by atomic mass is 32.1. The molecule has 0 aliphatic heterocycles. The molecule has 0 saturated heterocycles. The van der Waals surface area contributed by atoms with Crippen LogP contribution in [0.2, 0.25) is 0 Å². The zero-order valence-electron chi connectivity index (χ0n) is 12.2. The van der Waals surface area contributed by atoms with Crippen LogP contribution in [0.4, 0.5) is 0 Å². The standard InChI is InChI=1S/C15H22N2O3S/c1-20-14(18)9-12(13-7-4-8-21-13)17-15(19)10-5-2-3-6-11(10)16/h4,7-8,10-12H,2-3,5-6,9,16H2,1H3,(H,17,19). The van der Waals surface area contributed by atoms with Crippen LogP contribution in [0.15, 0.2) is 17.5 Å². The Kier molecular flexibility index (Phi) is 5.76. The maximum atomic E-state index is 12.4. The highest BCUT2D eigenvalue weighted by molar-refractivity contribution is 7.10. The number of esters is 1. The fourth-order valence-electron chi connectivity index (χ4n) is 2.73. The third kappa shape index (κ3) is 4.28. The molecule has 3 atom stereocenters. The smallest absolute Gasteiger partial charge is 0.307 e. The molecule has 1 saturated carbocycles. The fraction of sp³-hybridized carbons (Fsp3) is 0.600. The van der Waals surface area contributed by atoms with Crippen molar-refractivity contribution in [2.45, 2.75) is 44.2 Å². The van der Waals surface area contributed by atoms with Gasteiger partial charge in [-0.25, -0.2) is 0 Å². The second kappa shape index (κ2) is 7.56. The molecule has 1 amide bonds. The molecule has 116 valence electrons. The first kappa shape index (κ1) is 16.0. The van der Waals surface area contributed by atoms with Gasteiger partial charge in [0.05, 0.1) is 25.5 Å². The van der Waals surface area contributed by atoms with Gasteiger partial charge in [0.25, 0.3) is 0 Å². The summed E-state index contributed by atoms with van der Waals surface area (Å²) in [6.45, 7) is 0. The molecule has 1 heterocycles. The number of carbonyl (C=O) groups excluding carboxylic acids is 2. The minimum atomic E-state index is -0.334. The van der Waals surface area contributed by atoms with E-state index in [2.05, 4.69) is 5.32 Å². The normalized spacial score (nSPS) is 23.3. The van der Waals surface area contributed by atoms with Crippen molar-refractivity contribution in [3.63, 3.8) is 0 Å². The van der Waals surface area contributed by atoms with Crippen molar-refractivity contribution in [1.82, 2.24) is 5.32 Å². The Hall–Kier alpha value is -1.40. The molecule has 21 heavy (non-hydrogen) atoms. The summed E-state index contributed by atoms with van der Waals surface area (Å²) < 4.78 is 4.72. The Morgan fingerprint density at radius 1 is 1.48 bits per heavy atom. The lowest BCUT2D eigenvalue weighted by molar-refractivity contribution is -0.141. The van der Waals surface area contributed by atoms with Crippen LogP contribution in [0.1, 0.15) is 43.0 Å². The topological polar surface area (TPSA) is 81.4 Å². The van der Waals surface area contributed by atoms with Gasteiger partial charge in [0.1, 0.15) is 0 Å². The van der Waals surface area contributed by atoms with Gasteiger partial charge in [0.2, 0.25) is 5.91 Å². The van der Waals surface area contributed by atoms with Crippen molar-refractivity contribution in [3.05, 3.63) is 22.4 Å². The van der Waals surface area contributed by atoms with Gasteiger partial charge in [-0.3, -0.25) is 9.59 Å². The van der Waals surface area contributed by atoms with Crippen molar-refractivity contribution >= 4 is 23.2 Å². The average Bonchev–Trinajstić information content (AvgIpc) is 3.01. The lowest BCUT2D eigenvalue weighted by Gasteiger charge is -2.29. The molecule has 1 fully saturated rings. The van der Waals surface area contributed by atoms with E-state index in [9.17, 15) is 9.59 Å². The highest BCUT2D eigenvalue weighted by Crippen LogP contribution is 2.26. The first-order chi connectivity index (χ1) is 10.1. The number of hydrogen-bond donors (Lipinski definition) is 2. The maximum absolute atomic E-state index is 12.4. The quantitative estimate of drug-likeness (QED) is 0.815. The molecule has 1 aromatic heterocycles. The van der Waals surface area contributed by atoms with Crippen molar-refractivity contribution in [2.75, 3.05) is 7.11 Å². The number of methoxy groups -OCH3 is 1. The molecule has 0 radical (unpaired) electrons. The predicted molar refractivity (Wildman–Crippen MR) is 81.8 cm³/mol. The van der Waals surface area contributed by atoms with Crippen LogP contribution in [0, 0.1) is 5.92 Å². The Labute approximate surface area is 128 Å². The van der Waals surface area contributed by atoms with Crippen molar-refractivity contribution < 1.29 is 14.3 Å². The van der Waals surface area contributed by atoms with Crippen molar-refractivity contribution in [1.29, 1.82) is 0 Å². The van der Waals surface area contributed by atoms with Gasteiger partial charge in [-0.1, -0.05) is 18.9 Å². The number of carbonyl (C=O) groups is 2. The summed E-state index contributed by atoms with van der Waals surface area (Å²) >= 11 is 1.52. The summed E-state index contributed by atoms with van der Waals surface area (Å²) in [6.07, 6.45) is 3.97.